The minimum absolute atomic E-state index is 0.315. The summed E-state index contributed by atoms with van der Waals surface area (Å²) in [5.41, 5.74) is 0.836. The van der Waals surface area contributed by atoms with Crippen LogP contribution in [0.2, 0.25) is 25.7 Å². The van der Waals surface area contributed by atoms with E-state index in [0.717, 1.165) is 54.7 Å². The molecule has 2 aromatic rings. The summed E-state index contributed by atoms with van der Waals surface area (Å²) >= 11 is 3.45. The molecule has 2 aromatic heterocycles. The van der Waals surface area contributed by atoms with E-state index in [1.165, 1.54) is 0 Å². The highest BCUT2D eigenvalue weighted by Crippen LogP contribution is 2.29. The van der Waals surface area contributed by atoms with Crippen molar-refractivity contribution in [3.63, 3.8) is 0 Å². The standard InChI is InChI=1S/C23H38BrN5O3Si/c1-22(2,3)32-21(30)27-23(4)10-12-28(13-11-23)20-26-19-17(8-9-18(24)25-19)29(20)16-31-14-15-33(5,6)7/h8-9H,10-16H2,1-7H3,(H,27,30). The SMILES string of the molecule is CC1(NC(=O)OC(C)(C)C)CCN(c2nc3nc(Br)ccc3n2COCC[Si](C)(C)C)CC1. The Hall–Kier alpha value is -1.65. The molecule has 0 spiro atoms. The minimum Gasteiger partial charge on any atom is -0.444 e. The van der Waals surface area contributed by atoms with Crippen molar-refractivity contribution in [3.8, 4) is 0 Å². The fourth-order valence-electron chi connectivity index (χ4n) is 3.75. The fraction of sp³-hybridized carbons (Fsp3) is 0.696. The van der Waals surface area contributed by atoms with Gasteiger partial charge in [-0.1, -0.05) is 19.6 Å². The highest BCUT2D eigenvalue weighted by atomic mass is 79.9. The molecule has 1 saturated heterocycles. The zero-order valence-electron chi connectivity index (χ0n) is 21.0. The van der Waals surface area contributed by atoms with Gasteiger partial charge >= 0.3 is 6.09 Å². The van der Waals surface area contributed by atoms with Crippen LogP contribution < -0.4 is 10.2 Å². The maximum absolute atomic E-state index is 12.3. The zero-order valence-corrected chi connectivity index (χ0v) is 23.6. The van der Waals surface area contributed by atoms with E-state index in [4.69, 9.17) is 14.5 Å². The number of carbonyl (C=O) groups excluding carboxylic acids is 1. The van der Waals surface area contributed by atoms with Gasteiger partial charge in [-0.2, -0.15) is 4.98 Å². The second kappa shape index (κ2) is 9.91. The predicted molar refractivity (Wildman–Crippen MR) is 139 cm³/mol. The molecule has 0 aromatic carbocycles. The molecule has 0 aliphatic carbocycles. The average Bonchev–Trinajstić information content (AvgIpc) is 3.00. The number of rotatable bonds is 7. The van der Waals surface area contributed by atoms with Crippen LogP contribution in [0.15, 0.2) is 16.7 Å². The number of carbonyl (C=O) groups is 1. The van der Waals surface area contributed by atoms with Gasteiger partial charge in [0, 0.05) is 33.3 Å². The Morgan fingerprint density at radius 1 is 1.21 bits per heavy atom. The van der Waals surface area contributed by atoms with Gasteiger partial charge in [-0.15, -0.1) is 0 Å². The summed E-state index contributed by atoms with van der Waals surface area (Å²) in [4.78, 5) is 24.0. The third-order valence-corrected chi connectivity index (χ3v) is 7.87. The van der Waals surface area contributed by atoms with Crippen LogP contribution in [-0.2, 0) is 16.2 Å². The van der Waals surface area contributed by atoms with Crippen LogP contribution in [0.25, 0.3) is 11.2 Å². The van der Waals surface area contributed by atoms with Crippen LogP contribution in [0.3, 0.4) is 0 Å². The number of amides is 1. The molecule has 1 amide bonds. The number of aromatic nitrogens is 3. The van der Waals surface area contributed by atoms with Gasteiger partial charge in [-0.05, 0) is 74.6 Å². The molecule has 0 unspecified atom stereocenters. The number of anilines is 1. The Morgan fingerprint density at radius 3 is 2.48 bits per heavy atom. The van der Waals surface area contributed by atoms with Crippen molar-refractivity contribution in [1.29, 1.82) is 0 Å². The molecule has 1 aliphatic heterocycles. The van der Waals surface area contributed by atoms with Gasteiger partial charge < -0.3 is 19.7 Å². The van der Waals surface area contributed by atoms with Crippen LogP contribution in [0, 0.1) is 0 Å². The first-order chi connectivity index (χ1) is 15.2. The van der Waals surface area contributed by atoms with Crippen molar-refractivity contribution in [2.45, 2.75) is 84.1 Å². The van der Waals surface area contributed by atoms with Crippen molar-refractivity contribution >= 4 is 47.2 Å². The summed E-state index contributed by atoms with van der Waals surface area (Å²) < 4.78 is 14.4. The van der Waals surface area contributed by atoms with E-state index >= 15 is 0 Å². The third kappa shape index (κ3) is 7.41. The van der Waals surface area contributed by atoms with E-state index in [0.29, 0.717) is 12.4 Å². The van der Waals surface area contributed by atoms with Crippen LogP contribution in [0.5, 0.6) is 0 Å². The molecular weight excluding hydrogens is 502 g/mol. The minimum atomic E-state index is -1.15. The average molecular weight is 541 g/mol. The molecule has 8 nitrogen and oxygen atoms in total. The molecule has 0 bridgehead atoms. The highest BCUT2D eigenvalue weighted by Gasteiger charge is 2.34. The molecule has 0 saturated carbocycles. The molecule has 3 rings (SSSR count). The molecule has 3 heterocycles. The Labute approximate surface area is 206 Å². The number of hydrogen-bond donors (Lipinski definition) is 1. The Bertz CT molecular complexity index is 975. The van der Waals surface area contributed by atoms with E-state index < -0.39 is 13.7 Å². The van der Waals surface area contributed by atoms with Crippen molar-refractivity contribution in [2.75, 3.05) is 24.6 Å². The molecule has 33 heavy (non-hydrogen) atoms. The summed E-state index contributed by atoms with van der Waals surface area (Å²) in [5, 5.41) is 3.07. The van der Waals surface area contributed by atoms with Gasteiger partial charge in [0.25, 0.3) is 0 Å². The van der Waals surface area contributed by atoms with Gasteiger partial charge in [0.1, 0.15) is 16.9 Å². The Morgan fingerprint density at radius 2 is 1.88 bits per heavy atom. The highest BCUT2D eigenvalue weighted by molar-refractivity contribution is 9.10. The third-order valence-electron chi connectivity index (χ3n) is 5.73. The number of alkyl carbamates (subject to hydrolysis) is 1. The fourth-order valence-corrected chi connectivity index (χ4v) is 4.81. The van der Waals surface area contributed by atoms with Crippen molar-refractivity contribution in [2.24, 2.45) is 0 Å². The van der Waals surface area contributed by atoms with E-state index in [2.05, 4.69) is 62.3 Å². The van der Waals surface area contributed by atoms with Gasteiger partial charge in [-0.25, -0.2) is 9.78 Å². The lowest BCUT2D eigenvalue weighted by atomic mass is 9.90. The molecule has 184 valence electrons. The van der Waals surface area contributed by atoms with Crippen LogP contribution >= 0.6 is 15.9 Å². The second-order valence-corrected chi connectivity index (χ2v) is 17.8. The number of ether oxygens (including phenoxy) is 2. The number of fused-ring (bicyclic) bond motifs is 1. The summed E-state index contributed by atoms with van der Waals surface area (Å²) in [5.74, 6) is 0.864. The summed E-state index contributed by atoms with van der Waals surface area (Å²) in [6.07, 6.45) is 1.22. The quantitative estimate of drug-likeness (QED) is 0.288. The molecular formula is C23H38BrN5O3Si. The number of pyridine rings is 1. The molecule has 0 radical (unpaired) electrons. The number of nitrogens with zero attached hydrogens (tertiary/aromatic N) is 4. The summed E-state index contributed by atoms with van der Waals surface area (Å²) in [7, 11) is -1.15. The van der Waals surface area contributed by atoms with Crippen LogP contribution in [0.4, 0.5) is 10.7 Å². The Kier molecular flexibility index (Phi) is 7.80. The number of imidazole rings is 1. The van der Waals surface area contributed by atoms with Gasteiger partial charge in [0.05, 0.1) is 5.52 Å². The topological polar surface area (TPSA) is 81.5 Å². The van der Waals surface area contributed by atoms with Crippen LogP contribution in [-0.4, -0.2) is 59.5 Å². The van der Waals surface area contributed by atoms with E-state index in [1.54, 1.807) is 0 Å². The van der Waals surface area contributed by atoms with E-state index in [-0.39, 0.29) is 11.6 Å². The summed E-state index contributed by atoms with van der Waals surface area (Å²) in [6.45, 7) is 17.5. The number of halogens is 1. The lowest BCUT2D eigenvalue weighted by Crippen LogP contribution is -2.54. The maximum Gasteiger partial charge on any atom is 0.408 e. The lowest BCUT2D eigenvalue weighted by Gasteiger charge is -2.40. The first-order valence-corrected chi connectivity index (χ1v) is 16.1. The first-order valence-electron chi connectivity index (χ1n) is 11.6. The number of piperidine rings is 1. The lowest BCUT2D eigenvalue weighted by molar-refractivity contribution is 0.0447. The van der Waals surface area contributed by atoms with Crippen molar-refractivity contribution in [3.05, 3.63) is 16.7 Å². The maximum atomic E-state index is 12.3. The van der Waals surface area contributed by atoms with Crippen molar-refractivity contribution < 1.29 is 14.3 Å². The molecule has 1 aliphatic rings. The molecule has 1 N–H and O–H groups in total. The monoisotopic (exact) mass is 539 g/mol. The summed E-state index contributed by atoms with van der Waals surface area (Å²) in [6, 6.07) is 5.09. The first kappa shape index (κ1) is 26.0. The van der Waals surface area contributed by atoms with Gasteiger partial charge in [-0.3, -0.25) is 4.57 Å². The molecule has 1 fully saturated rings. The molecule has 10 heteroatoms. The predicted octanol–water partition coefficient (Wildman–Crippen LogP) is 5.39. The van der Waals surface area contributed by atoms with Crippen LogP contribution in [0.1, 0.15) is 40.5 Å². The molecule has 0 atom stereocenters. The number of hydrogen-bond acceptors (Lipinski definition) is 6. The largest absolute Gasteiger partial charge is 0.444 e. The van der Waals surface area contributed by atoms with Crippen molar-refractivity contribution in [1.82, 2.24) is 19.9 Å². The van der Waals surface area contributed by atoms with E-state index in [9.17, 15) is 4.79 Å². The Balaban J connectivity index is 1.72. The smallest absolute Gasteiger partial charge is 0.408 e. The van der Waals surface area contributed by atoms with E-state index in [1.807, 2.05) is 32.9 Å². The normalized spacial score (nSPS) is 16.8. The van der Waals surface area contributed by atoms with Gasteiger partial charge in [0.2, 0.25) is 5.95 Å². The second-order valence-electron chi connectivity index (χ2n) is 11.3. The zero-order chi connectivity index (χ0) is 24.4. The van der Waals surface area contributed by atoms with Gasteiger partial charge in [0.15, 0.2) is 5.65 Å². The number of nitrogens with one attached hydrogen (secondary N) is 1.